The SMILES string of the molecule is Cc1cc(/C=C(/C#N)C(=O)N2CCCCC2C2OCCO2)c(C)n1CC(C)C. The van der Waals surface area contributed by atoms with Crippen molar-refractivity contribution < 1.29 is 14.3 Å². The van der Waals surface area contributed by atoms with Crippen LogP contribution in [0.3, 0.4) is 0 Å². The summed E-state index contributed by atoms with van der Waals surface area (Å²) in [6, 6.07) is 4.07. The van der Waals surface area contributed by atoms with Gasteiger partial charge in [-0.1, -0.05) is 13.8 Å². The molecule has 1 amide bonds. The van der Waals surface area contributed by atoms with E-state index in [9.17, 15) is 10.1 Å². The van der Waals surface area contributed by atoms with Crippen molar-refractivity contribution >= 4 is 12.0 Å². The summed E-state index contributed by atoms with van der Waals surface area (Å²) in [5, 5.41) is 9.72. The Morgan fingerprint density at radius 3 is 2.68 bits per heavy atom. The molecular weight excluding hydrogens is 354 g/mol. The van der Waals surface area contributed by atoms with E-state index in [2.05, 4.69) is 37.5 Å². The Labute approximate surface area is 167 Å². The molecule has 0 aromatic carbocycles. The number of carbonyl (C=O) groups is 1. The van der Waals surface area contributed by atoms with E-state index in [1.807, 2.05) is 6.92 Å². The third-order valence-electron chi connectivity index (χ3n) is 5.58. The van der Waals surface area contributed by atoms with Crippen LogP contribution in [0, 0.1) is 31.1 Å². The molecule has 6 heteroatoms. The van der Waals surface area contributed by atoms with Crippen LogP contribution in [0.15, 0.2) is 11.6 Å². The molecule has 3 rings (SSSR count). The maximum absolute atomic E-state index is 13.2. The standard InChI is InChI=1S/C22H31N3O3/c1-15(2)14-25-16(3)11-18(17(25)4)12-19(13-23)21(26)24-8-6-5-7-20(24)22-27-9-10-28-22/h11-12,15,20,22H,5-10,14H2,1-4H3/b19-12-. The van der Waals surface area contributed by atoms with Gasteiger partial charge in [-0.05, 0) is 56.7 Å². The van der Waals surface area contributed by atoms with Gasteiger partial charge in [0.2, 0.25) is 0 Å². The van der Waals surface area contributed by atoms with Crippen LogP contribution >= 0.6 is 0 Å². The lowest BCUT2D eigenvalue weighted by molar-refractivity contribution is -0.146. The molecule has 152 valence electrons. The number of amides is 1. The summed E-state index contributed by atoms with van der Waals surface area (Å²) in [4.78, 5) is 15.0. The second-order valence-corrected chi connectivity index (χ2v) is 8.17. The van der Waals surface area contributed by atoms with E-state index >= 15 is 0 Å². The predicted molar refractivity (Wildman–Crippen MR) is 107 cm³/mol. The zero-order chi connectivity index (χ0) is 20.3. The Morgan fingerprint density at radius 2 is 2.04 bits per heavy atom. The van der Waals surface area contributed by atoms with Gasteiger partial charge in [0.05, 0.1) is 19.3 Å². The number of carbonyl (C=O) groups excluding carboxylic acids is 1. The quantitative estimate of drug-likeness (QED) is 0.575. The summed E-state index contributed by atoms with van der Waals surface area (Å²) < 4.78 is 13.6. The number of ether oxygens (including phenoxy) is 2. The van der Waals surface area contributed by atoms with Crippen molar-refractivity contribution in [3.05, 3.63) is 28.6 Å². The molecular formula is C22H31N3O3. The van der Waals surface area contributed by atoms with E-state index in [1.54, 1.807) is 11.0 Å². The lowest BCUT2D eigenvalue weighted by Crippen LogP contribution is -2.50. The van der Waals surface area contributed by atoms with Crippen molar-refractivity contribution in [1.82, 2.24) is 9.47 Å². The third kappa shape index (κ3) is 4.31. The average molecular weight is 386 g/mol. The van der Waals surface area contributed by atoms with Crippen LogP contribution < -0.4 is 0 Å². The second-order valence-electron chi connectivity index (χ2n) is 8.17. The average Bonchev–Trinajstić information content (AvgIpc) is 3.30. The molecule has 28 heavy (non-hydrogen) atoms. The summed E-state index contributed by atoms with van der Waals surface area (Å²) in [7, 11) is 0. The first-order valence-corrected chi connectivity index (χ1v) is 10.2. The first-order chi connectivity index (χ1) is 13.4. The van der Waals surface area contributed by atoms with Crippen LogP contribution in [0.4, 0.5) is 0 Å². The lowest BCUT2D eigenvalue weighted by Gasteiger charge is -2.37. The fourth-order valence-electron chi connectivity index (χ4n) is 4.16. The highest BCUT2D eigenvalue weighted by molar-refractivity contribution is 6.02. The number of hydrogen-bond donors (Lipinski definition) is 0. The first kappa shape index (κ1) is 20.6. The minimum absolute atomic E-state index is 0.117. The van der Waals surface area contributed by atoms with Gasteiger partial charge in [-0.25, -0.2) is 0 Å². The van der Waals surface area contributed by atoms with Crippen LogP contribution in [0.25, 0.3) is 6.08 Å². The Bertz CT molecular complexity index is 782. The topological polar surface area (TPSA) is 67.5 Å². The number of aromatic nitrogens is 1. The summed E-state index contributed by atoms with van der Waals surface area (Å²) >= 11 is 0. The summed E-state index contributed by atoms with van der Waals surface area (Å²) in [5.41, 5.74) is 3.34. The molecule has 0 aliphatic carbocycles. The van der Waals surface area contributed by atoms with Gasteiger partial charge in [-0.2, -0.15) is 5.26 Å². The predicted octanol–water partition coefficient (Wildman–Crippen LogP) is 3.42. The van der Waals surface area contributed by atoms with Gasteiger partial charge in [-0.15, -0.1) is 0 Å². The molecule has 2 aliphatic rings. The highest BCUT2D eigenvalue weighted by Gasteiger charge is 2.37. The number of nitriles is 1. The van der Waals surface area contributed by atoms with Gasteiger partial charge in [-0.3, -0.25) is 4.79 Å². The Hall–Kier alpha value is -2.10. The summed E-state index contributed by atoms with van der Waals surface area (Å²) in [6.45, 7) is 11.2. The van der Waals surface area contributed by atoms with Crippen molar-refractivity contribution in [3.8, 4) is 6.07 Å². The van der Waals surface area contributed by atoms with Gasteiger partial charge in [0.1, 0.15) is 11.6 Å². The molecule has 0 N–H and O–H groups in total. The number of nitrogens with zero attached hydrogens (tertiary/aromatic N) is 3. The van der Waals surface area contributed by atoms with E-state index in [0.717, 1.165) is 42.8 Å². The van der Waals surface area contributed by atoms with Crippen LogP contribution in [0.5, 0.6) is 0 Å². The van der Waals surface area contributed by atoms with Crippen LogP contribution in [0.1, 0.15) is 50.1 Å². The highest BCUT2D eigenvalue weighted by Crippen LogP contribution is 2.27. The number of piperidine rings is 1. The summed E-state index contributed by atoms with van der Waals surface area (Å²) in [6.07, 6.45) is 4.19. The van der Waals surface area contributed by atoms with Crippen molar-refractivity contribution in [3.63, 3.8) is 0 Å². The zero-order valence-electron chi connectivity index (χ0n) is 17.4. The number of likely N-dealkylation sites (tertiary alicyclic amines) is 1. The van der Waals surface area contributed by atoms with E-state index in [1.165, 1.54) is 0 Å². The van der Waals surface area contributed by atoms with E-state index in [0.29, 0.717) is 25.7 Å². The molecule has 6 nitrogen and oxygen atoms in total. The van der Waals surface area contributed by atoms with Crippen molar-refractivity contribution in [1.29, 1.82) is 5.26 Å². The van der Waals surface area contributed by atoms with E-state index < -0.39 is 0 Å². The van der Waals surface area contributed by atoms with Crippen LogP contribution in [-0.2, 0) is 20.8 Å². The lowest BCUT2D eigenvalue weighted by atomic mass is 10.00. The fourth-order valence-corrected chi connectivity index (χ4v) is 4.16. The molecule has 1 aromatic heterocycles. The minimum atomic E-state index is -0.375. The fraction of sp³-hybridized carbons (Fsp3) is 0.636. The van der Waals surface area contributed by atoms with Crippen molar-refractivity contribution in [2.45, 2.75) is 65.8 Å². The Kier molecular flexibility index (Phi) is 6.58. The smallest absolute Gasteiger partial charge is 0.264 e. The molecule has 0 radical (unpaired) electrons. The maximum Gasteiger partial charge on any atom is 0.264 e. The molecule has 0 bridgehead atoms. The van der Waals surface area contributed by atoms with Crippen molar-refractivity contribution in [2.75, 3.05) is 19.8 Å². The number of rotatable bonds is 5. The van der Waals surface area contributed by atoms with Gasteiger partial charge in [0.25, 0.3) is 5.91 Å². The van der Waals surface area contributed by atoms with E-state index in [-0.39, 0.29) is 23.8 Å². The molecule has 2 aliphatic heterocycles. The molecule has 1 unspecified atom stereocenters. The molecule has 1 atom stereocenters. The number of hydrogen-bond acceptors (Lipinski definition) is 4. The minimum Gasteiger partial charge on any atom is -0.348 e. The molecule has 1 aromatic rings. The van der Waals surface area contributed by atoms with Gasteiger partial charge >= 0.3 is 0 Å². The Balaban J connectivity index is 1.86. The normalized spacial score (nSPS) is 21.4. The maximum atomic E-state index is 13.2. The largest absolute Gasteiger partial charge is 0.348 e. The molecule has 2 saturated heterocycles. The Morgan fingerprint density at radius 1 is 1.32 bits per heavy atom. The number of aryl methyl sites for hydroxylation is 1. The molecule has 3 heterocycles. The van der Waals surface area contributed by atoms with E-state index in [4.69, 9.17) is 9.47 Å². The molecule has 0 spiro atoms. The zero-order valence-corrected chi connectivity index (χ0v) is 17.4. The summed E-state index contributed by atoms with van der Waals surface area (Å²) in [5.74, 6) is 0.305. The van der Waals surface area contributed by atoms with Gasteiger partial charge in [0.15, 0.2) is 6.29 Å². The third-order valence-corrected chi connectivity index (χ3v) is 5.58. The van der Waals surface area contributed by atoms with Crippen LogP contribution in [0.2, 0.25) is 0 Å². The van der Waals surface area contributed by atoms with Gasteiger partial charge in [0, 0.05) is 24.5 Å². The molecule has 2 fully saturated rings. The highest BCUT2D eigenvalue weighted by atomic mass is 16.7. The monoisotopic (exact) mass is 385 g/mol. The first-order valence-electron chi connectivity index (χ1n) is 10.2. The van der Waals surface area contributed by atoms with Crippen molar-refractivity contribution in [2.24, 2.45) is 5.92 Å². The molecule has 0 saturated carbocycles. The van der Waals surface area contributed by atoms with Crippen LogP contribution in [-0.4, -0.2) is 47.5 Å². The van der Waals surface area contributed by atoms with Gasteiger partial charge < -0.3 is 18.9 Å². The second kappa shape index (κ2) is 8.93.